The summed E-state index contributed by atoms with van der Waals surface area (Å²) in [5.74, 6) is 0. The van der Waals surface area contributed by atoms with Crippen LogP contribution in [0.2, 0.25) is 0 Å². The van der Waals surface area contributed by atoms with Gasteiger partial charge in [-0.25, -0.2) is 0 Å². The van der Waals surface area contributed by atoms with Crippen LogP contribution in [0.4, 0.5) is 0 Å². The SMILES string of the molecule is c1ccc2c(-n3c4ccccc4c4ccccc43)c3ccccc3c(-c3ccc4c(c3)sc3ccc(-c5c6ccccc6c(-n6c7ccccc7c7ccccc76)c6ccccc56)cc34)c2c1. The van der Waals surface area contributed by atoms with E-state index in [1.54, 1.807) is 0 Å². The largest absolute Gasteiger partial charge is 0.308 e. The van der Waals surface area contributed by atoms with E-state index >= 15 is 0 Å². The molecule has 3 aromatic heterocycles. The van der Waals surface area contributed by atoms with Crippen molar-refractivity contribution in [3.05, 3.63) is 231 Å². The fourth-order valence-electron chi connectivity index (χ4n) is 11.7. The van der Waals surface area contributed by atoms with Crippen LogP contribution in [0.15, 0.2) is 231 Å². The van der Waals surface area contributed by atoms with Gasteiger partial charge >= 0.3 is 0 Å². The van der Waals surface area contributed by atoms with E-state index in [2.05, 4.69) is 240 Å². The maximum Gasteiger partial charge on any atom is 0.0619 e. The summed E-state index contributed by atoms with van der Waals surface area (Å²) in [4.78, 5) is 0. The van der Waals surface area contributed by atoms with Crippen LogP contribution in [-0.2, 0) is 0 Å². The zero-order chi connectivity index (χ0) is 43.7. The van der Waals surface area contributed by atoms with E-state index in [-0.39, 0.29) is 0 Å². The van der Waals surface area contributed by atoms with E-state index in [4.69, 9.17) is 0 Å². The monoisotopic (exact) mass is 866 g/mol. The number of hydrogen-bond acceptors (Lipinski definition) is 1. The molecule has 0 saturated heterocycles. The van der Waals surface area contributed by atoms with Crippen molar-refractivity contribution in [1.82, 2.24) is 9.13 Å². The second kappa shape index (κ2) is 14.0. The predicted molar refractivity (Wildman–Crippen MR) is 289 cm³/mol. The molecule has 0 bridgehead atoms. The van der Waals surface area contributed by atoms with Crippen LogP contribution in [-0.4, -0.2) is 9.13 Å². The molecule has 310 valence electrons. The van der Waals surface area contributed by atoms with E-state index in [1.165, 1.54) is 141 Å². The zero-order valence-corrected chi connectivity index (χ0v) is 37.1. The number of rotatable bonds is 4. The zero-order valence-electron chi connectivity index (χ0n) is 36.2. The van der Waals surface area contributed by atoms with Crippen molar-refractivity contribution < 1.29 is 0 Å². The molecule has 3 heteroatoms. The highest BCUT2D eigenvalue weighted by atomic mass is 32.1. The molecule has 0 fully saturated rings. The van der Waals surface area contributed by atoms with Crippen molar-refractivity contribution >= 4 is 118 Å². The molecule has 15 rings (SSSR count). The normalized spacial score (nSPS) is 12.2. The fourth-order valence-corrected chi connectivity index (χ4v) is 12.9. The number of nitrogens with zero attached hydrogens (tertiary/aromatic N) is 2. The van der Waals surface area contributed by atoms with Gasteiger partial charge < -0.3 is 9.13 Å². The van der Waals surface area contributed by atoms with E-state index < -0.39 is 0 Å². The van der Waals surface area contributed by atoms with E-state index in [1.807, 2.05) is 11.3 Å². The lowest BCUT2D eigenvalue weighted by atomic mass is 9.89. The van der Waals surface area contributed by atoms with Gasteiger partial charge in [0.15, 0.2) is 0 Å². The molecule has 0 saturated carbocycles. The second-order valence-electron chi connectivity index (χ2n) is 17.9. The third kappa shape index (κ3) is 5.15. The molecular formula is C64H38N2S. The molecule has 3 heterocycles. The first-order valence-corrected chi connectivity index (χ1v) is 23.9. The van der Waals surface area contributed by atoms with Gasteiger partial charge in [-0.3, -0.25) is 0 Å². The van der Waals surface area contributed by atoms with Crippen molar-refractivity contribution in [2.75, 3.05) is 0 Å². The molecule has 12 aromatic carbocycles. The first-order valence-electron chi connectivity index (χ1n) is 23.1. The van der Waals surface area contributed by atoms with Crippen LogP contribution in [0, 0.1) is 0 Å². The van der Waals surface area contributed by atoms with Gasteiger partial charge in [-0.05, 0) is 86.3 Å². The highest BCUT2D eigenvalue weighted by molar-refractivity contribution is 7.25. The number of thiophene rings is 1. The Bertz CT molecular complexity index is 4360. The van der Waals surface area contributed by atoms with Crippen LogP contribution in [0.25, 0.3) is 141 Å². The summed E-state index contributed by atoms with van der Waals surface area (Å²) < 4.78 is 7.58. The summed E-state index contributed by atoms with van der Waals surface area (Å²) >= 11 is 1.89. The molecule has 0 aliphatic rings. The van der Waals surface area contributed by atoms with Gasteiger partial charge in [-0.15, -0.1) is 11.3 Å². The van der Waals surface area contributed by atoms with Crippen molar-refractivity contribution in [1.29, 1.82) is 0 Å². The number of benzene rings is 12. The van der Waals surface area contributed by atoms with Crippen LogP contribution >= 0.6 is 11.3 Å². The Morgan fingerprint density at radius 2 is 0.537 bits per heavy atom. The highest BCUT2D eigenvalue weighted by Crippen LogP contribution is 2.48. The quantitative estimate of drug-likeness (QED) is 0.156. The van der Waals surface area contributed by atoms with Crippen LogP contribution in [0.5, 0.6) is 0 Å². The third-order valence-electron chi connectivity index (χ3n) is 14.5. The van der Waals surface area contributed by atoms with E-state index in [9.17, 15) is 0 Å². The van der Waals surface area contributed by atoms with Gasteiger partial charge in [0.1, 0.15) is 0 Å². The Hall–Kier alpha value is -8.50. The predicted octanol–water partition coefficient (Wildman–Crippen LogP) is 18.2. The first kappa shape index (κ1) is 36.8. The molecule has 0 radical (unpaired) electrons. The molecule has 0 amide bonds. The number of aromatic nitrogens is 2. The van der Waals surface area contributed by atoms with Crippen LogP contribution in [0.1, 0.15) is 0 Å². The summed E-state index contributed by atoms with van der Waals surface area (Å²) in [5, 5.41) is 17.6. The Morgan fingerprint density at radius 1 is 0.224 bits per heavy atom. The summed E-state index contributed by atoms with van der Waals surface area (Å²) in [5.41, 5.74) is 12.3. The average Bonchev–Trinajstić information content (AvgIpc) is 4.04. The standard InChI is InChI=1S/C64H38N2S/c1-5-25-50-46(21-1)61(47-22-2-6-26-51(47)63(50)65-55-29-13-9-17-41(55)42-18-10-14-30-56(42)65)39-34-36-59-54(37-39)45-35-33-40(38-60(45)67-59)62-48-23-3-7-27-52(48)64(53-28-8-4-24-49(53)62)66-57-31-15-11-19-43(57)44-20-12-16-32-58(44)66/h1-38H. The minimum atomic E-state index is 1.22. The molecule has 0 atom stereocenters. The van der Waals surface area contributed by atoms with Gasteiger partial charge in [-0.2, -0.15) is 0 Å². The minimum Gasteiger partial charge on any atom is -0.308 e. The molecule has 0 aliphatic heterocycles. The lowest BCUT2D eigenvalue weighted by molar-refractivity contribution is 1.21. The molecule has 15 aromatic rings. The van der Waals surface area contributed by atoms with Crippen molar-refractivity contribution in [2.24, 2.45) is 0 Å². The highest BCUT2D eigenvalue weighted by Gasteiger charge is 2.23. The molecule has 0 spiro atoms. The molecule has 0 unspecified atom stereocenters. The topological polar surface area (TPSA) is 9.86 Å². The smallest absolute Gasteiger partial charge is 0.0619 e. The molecule has 67 heavy (non-hydrogen) atoms. The number of para-hydroxylation sites is 4. The molecular weight excluding hydrogens is 829 g/mol. The van der Waals surface area contributed by atoms with Crippen LogP contribution < -0.4 is 0 Å². The maximum atomic E-state index is 2.50. The Morgan fingerprint density at radius 3 is 0.925 bits per heavy atom. The van der Waals surface area contributed by atoms with Crippen LogP contribution in [0.3, 0.4) is 0 Å². The molecule has 0 aliphatic carbocycles. The van der Waals surface area contributed by atoms with Gasteiger partial charge in [-0.1, -0.05) is 188 Å². The van der Waals surface area contributed by atoms with Crippen molar-refractivity contribution in [2.45, 2.75) is 0 Å². The summed E-state index contributed by atoms with van der Waals surface area (Å²) in [6, 6.07) is 85.7. The van der Waals surface area contributed by atoms with Gasteiger partial charge in [0.2, 0.25) is 0 Å². The third-order valence-corrected chi connectivity index (χ3v) is 15.6. The van der Waals surface area contributed by atoms with Crippen molar-refractivity contribution in [3.8, 4) is 33.6 Å². The van der Waals surface area contributed by atoms with Crippen molar-refractivity contribution in [3.63, 3.8) is 0 Å². The first-order chi connectivity index (χ1) is 33.3. The van der Waals surface area contributed by atoms with Gasteiger partial charge in [0, 0.05) is 63.3 Å². The fraction of sp³-hybridized carbons (Fsp3) is 0. The lowest BCUT2D eigenvalue weighted by Gasteiger charge is -2.19. The van der Waals surface area contributed by atoms with E-state index in [0.29, 0.717) is 0 Å². The van der Waals surface area contributed by atoms with E-state index in [0.717, 1.165) is 0 Å². The molecule has 0 N–H and O–H groups in total. The Labute approximate surface area is 389 Å². The summed E-state index contributed by atoms with van der Waals surface area (Å²) in [6.45, 7) is 0. The summed E-state index contributed by atoms with van der Waals surface area (Å²) in [6.07, 6.45) is 0. The Balaban J connectivity index is 0.937. The number of fused-ring (bicyclic) bond motifs is 13. The second-order valence-corrected chi connectivity index (χ2v) is 19.0. The van der Waals surface area contributed by atoms with Gasteiger partial charge in [0.05, 0.1) is 33.4 Å². The lowest BCUT2D eigenvalue weighted by Crippen LogP contribution is -1.99. The maximum absolute atomic E-state index is 2.50. The molecule has 2 nitrogen and oxygen atoms in total. The summed E-state index contributed by atoms with van der Waals surface area (Å²) in [7, 11) is 0. The minimum absolute atomic E-state index is 1.22. The number of hydrogen-bond donors (Lipinski definition) is 0. The van der Waals surface area contributed by atoms with Gasteiger partial charge in [0.25, 0.3) is 0 Å². The Kier molecular flexibility index (Phi) is 7.69. The average molecular weight is 867 g/mol.